The molecule has 1 saturated heterocycles. The van der Waals surface area contributed by atoms with Crippen molar-refractivity contribution in [1.82, 2.24) is 10.6 Å². The zero-order valence-corrected chi connectivity index (χ0v) is 8.21. The molecule has 0 aromatic heterocycles. The van der Waals surface area contributed by atoms with Crippen molar-refractivity contribution >= 4 is 5.91 Å². The number of hydrogen-bond donors (Lipinski definition) is 3. The van der Waals surface area contributed by atoms with Crippen LogP contribution in [0.1, 0.15) is 26.7 Å². The van der Waals surface area contributed by atoms with E-state index in [1.54, 1.807) is 0 Å². The average Bonchev–Trinajstić information content (AvgIpc) is 2.04. The van der Waals surface area contributed by atoms with Crippen molar-refractivity contribution in [3.63, 3.8) is 0 Å². The molecule has 13 heavy (non-hydrogen) atoms. The lowest BCUT2D eigenvalue weighted by molar-refractivity contribution is -0.123. The van der Waals surface area contributed by atoms with Gasteiger partial charge in [0.15, 0.2) is 0 Å². The highest BCUT2D eigenvalue weighted by Gasteiger charge is 2.21. The van der Waals surface area contributed by atoms with Crippen LogP contribution in [-0.2, 0) is 4.79 Å². The van der Waals surface area contributed by atoms with E-state index >= 15 is 0 Å². The molecule has 4 nitrogen and oxygen atoms in total. The van der Waals surface area contributed by atoms with E-state index in [9.17, 15) is 9.90 Å². The van der Waals surface area contributed by atoms with Crippen LogP contribution in [0.2, 0.25) is 0 Å². The van der Waals surface area contributed by atoms with Gasteiger partial charge in [0.2, 0.25) is 5.91 Å². The Kier molecular flexibility index (Phi) is 3.69. The second kappa shape index (κ2) is 4.58. The molecule has 0 aromatic rings. The fraction of sp³-hybridized carbons (Fsp3) is 0.889. The summed E-state index contributed by atoms with van der Waals surface area (Å²) in [7, 11) is 0. The van der Waals surface area contributed by atoms with Crippen LogP contribution >= 0.6 is 0 Å². The van der Waals surface area contributed by atoms with E-state index in [1.807, 2.05) is 13.8 Å². The zero-order chi connectivity index (χ0) is 9.84. The molecule has 0 bridgehead atoms. The van der Waals surface area contributed by atoms with Gasteiger partial charge in [0.1, 0.15) is 6.23 Å². The summed E-state index contributed by atoms with van der Waals surface area (Å²) < 4.78 is 0. The van der Waals surface area contributed by atoms with E-state index in [1.165, 1.54) is 0 Å². The molecule has 0 aromatic carbocycles. The third-order valence-electron chi connectivity index (χ3n) is 2.28. The Labute approximate surface area is 78.7 Å². The van der Waals surface area contributed by atoms with E-state index < -0.39 is 6.23 Å². The minimum atomic E-state index is -0.504. The summed E-state index contributed by atoms with van der Waals surface area (Å²) in [6.07, 6.45) is 0.871. The largest absolute Gasteiger partial charge is 0.378 e. The highest BCUT2D eigenvalue weighted by Crippen LogP contribution is 2.06. The van der Waals surface area contributed by atoms with Crippen LogP contribution < -0.4 is 10.6 Å². The molecule has 0 spiro atoms. The first kappa shape index (κ1) is 10.5. The Balaban J connectivity index is 2.31. The number of hydrogen-bond acceptors (Lipinski definition) is 3. The Morgan fingerprint density at radius 2 is 2.31 bits per heavy atom. The lowest BCUT2D eigenvalue weighted by Gasteiger charge is -2.27. The van der Waals surface area contributed by atoms with Gasteiger partial charge in [-0.15, -0.1) is 0 Å². The predicted molar refractivity (Wildman–Crippen MR) is 50.0 cm³/mol. The quantitative estimate of drug-likeness (QED) is 0.536. The molecule has 76 valence electrons. The van der Waals surface area contributed by atoms with Gasteiger partial charge in [-0.3, -0.25) is 10.1 Å². The summed E-state index contributed by atoms with van der Waals surface area (Å²) in [4.78, 5) is 11.0. The Morgan fingerprint density at radius 1 is 1.62 bits per heavy atom. The summed E-state index contributed by atoms with van der Waals surface area (Å²) in [5, 5.41) is 15.3. The van der Waals surface area contributed by atoms with Crippen molar-refractivity contribution in [2.75, 3.05) is 6.54 Å². The lowest BCUT2D eigenvalue weighted by atomic mass is 10.0. The Hall–Kier alpha value is -0.610. The molecule has 2 unspecified atom stereocenters. The maximum Gasteiger partial charge on any atom is 0.221 e. The van der Waals surface area contributed by atoms with Crippen molar-refractivity contribution in [3.05, 3.63) is 0 Å². The van der Waals surface area contributed by atoms with E-state index in [2.05, 4.69) is 10.6 Å². The highest BCUT2D eigenvalue weighted by atomic mass is 16.3. The molecule has 1 heterocycles. The van der Waals surface area contributed by atoms with Crippen LogP contribution in [0.3, 0.4) is 0 Å². The molecule has 0 radical (unpaired) electrons. The minimum absolute atomic E-state index is 0.0692. The maximum absolute atomic E-state index is 11.0. The van der Waals surface area contributed by atoms with Crippen molar-refractivity contribution in [2.45, 2.75) is 39.0 Å². The first-order valence-electron chi connectivity index (χ1n) is 4.80. The standard InChI is InChI=1S/C9H18N2O2/c1-6(2)9(13)11-7-3-4-10-8(12)5-7/h6-7,9,11,13H,3-5H2,1-2H3,(H,10,12). The zero-order valence-electron chi connectivity index (χ0n) is 8.21. The van der Waals surface area contributed by atoms with E-state index in [0.717, 1.165) is 6.42 Å². The van der Waals surface area contributed by atoms with Gasteiger partial charge in [0.25, 0.3) is 0 Å². The number of carbonyl (C=O) groups is 1. The number of rotatable bonds is 3. The van der Waals surface area contributed by atoms with Gasteiger partial charge in [0, 0.05) is 19.0 Å². The van der Waals surface area contributed by atoms with Gasteiger partial charge in [-0.2, -0.15) is 0 Å². The van der Waals surface area contributed by atoms with Crippen molar-refractivity contribution in [3.8, 4) is 0 Å². The molecule has 3 N–H and O–H groups in total. The van der Waals surface area contributed by atoms with Gasteiger partial charge in [-0.1, -0.05) is 13.8 Å². The third kappa shape index (κ3) is 3.32. The molecular weight excluding hydrogens is 168 g/mol. The van der Waals surface area contributed by atoms with Crippen LogP contribution in [0.4, 0.5) is 0 Å². The Morgan fingerprint density at radius 3 is 2.85 bits per heavy atom. The number of carbonyl (C=O) groups excluding carboxylic acids is 1. The molecule has 1 fully saturated rings. The monoisotopic (exact) mass is 186 g/mol. The van der Waals surface area contributed by atoms with Gasteiger partial charge in [0.05, 0.1) is 0 Å². The molecule has 1 aliphatic rings. The summed E-state index contributed by atoms with van der Waals surface area (Å²) in [5.74, 6) is 0.254. The first-order valence-corrected chi connectivity index (χ1v) is 4.80. The minimum Gasteiger partial charge on any atom is -0.378 e. The van der Waals surface area contributed by atoms with Gasteiger partial charge in [-0.25, -0.2) is 0 Å². The summed E-state index contributed by atoms with van der Waals surface area (Å²) in [6, 6.07) is 0.131. The van der Waals surface area contributed by atoms with E-state index in [0.29, 0.717) is 13.0 Å². The lowest BCUT2D eigenvalue weighted by Crippen LogP contribution is -2.48. The molecule has 1 amide bonds. The van der Waals surface area contributed by atoms with Crippen LogP contribution in [0.5, 0.6) is 0 Å². The predicted octanol–water partition coefficient (Wildman–Crippen LogP) is -0.171. The third-order valence-corrected chi connectivity index (χ3v) is 2.28. The SMILES string of the molecule is CC(C)C(O)NC1CCNC(=O)C1. The number of aliphatic hydroxyl groups excluding tert-OH is 1. The molecule has 1 rings (SSSR count). The van der Waals surface area contributed by atoms with Crippen LogP contribution in [0, 0.1) is 5.92 Å². The molecular formula is C9H18N2O2. The molecule has 0 saturated carbocycles. The summed E-state index contributed by atoms with van der Waals surface area (Å²) in [6.45, 7) is 4.60. The Bertz CT molecular complexity index is 182. The van der Waals surface area contributed by atoms with Crippen LogP contribution in [-0.4, -0.2) is 29.8 Å². The number of amides is 1. The van der Waals surface area contributed by atoms with Gasteiger partial charge < -0.3 is 10.4 Å². The fourth-order valence-corrected chi connectivity index (χ4v) is 1.36. The summed E-state index contributed by atoms with van der Waals surface area (Å²) >= 11 is 0. The topological polar surface area (TPSA) is 61.4 Å². The highest BCUT2D eigenvalue weighted by molar-refractivity contribution is 5.77. The average molecular weight is 186 g/mol. The first-order chi connectivity index (χ1) is 6.09. The van der Waals surface area contributed by atoms with Crippen molar-refractivity contribution in [2.24, 2.45) is 5.92 Å². The molecule has 2 atom stereocenters. The number of piperidine rings is 1. The molecule has 1 aliphatic heterocycles. The molecule has 0 aliphatic carbocycles. The second-order valence-electron chi connectivity index (χ2n) is 3.90. The van der Waals surface area contributed by atoms with Crippen molar-refractivity contribution in [1.29, 1.82) is 0 Å². The normalized spacial score (nSPS) is 25.8. The van der Waals surface area contributed by atoms with Crippen LogP contribution in [0.15, 0.2) is 0 Å². The fourth-order valence-electron chi connectivity index (χ4n) is 1.36. The van der Waals surface area contributed by atoms with Crippen LogP contribution in [0.25, 0.3) is 0 Å². The van der Waals surface area contributed by atoms with Gasteiger partial charge >= 0.3 is 0 Å². The van der Waals surface area contributed by atoms with Gasteiger partial charge in [-0.05, 0) is 12.3 Å². The van der Waals surface area contributed by atoms with E-state index in [4.69, 9.17) is 0 Å². The van der Waals surface area contributed by atoms with E-state index in [-0.39, 0.29) is 17.9 Å². The second-order valence-corrected chi connectivity index (χ2v) is 3.90. The maximum atomic E-state index is 11.0. The number of nitrogens with one attached hydrogen (secondary N) is 2. The van der Waals surface area contributed by atoms with Crippen molar-refractivity contribution < 1.29 is 9.90 Å². The smallest absolute Gasteiger partial charge is 0.221 e. The summed E-state index contributed by atoms with van der Waals surface area (Å²) in [5.41, 5.74) is 0. The molecule has 4 heteroatoms. The number of aliphatic hydroxyl groups is 1.